The third-order valence-electron chi connectivity index (χ3n) is 2.72. The molecule has 0 aromatic heterocycles. The number of carbonyl (C=O) groups is 3. The summed E-state index contributed by atoms with van der Waals surface area (Å²) in [5, 5.41) is 0. The first kappa shape index (κ1) is 13.7. The molecule has 0 aliphatic carbocycles. The molecule has 1 aromatic carbocycles. The molecule has 0 bridgehead atoms. The van der Waals surface area contributed by atoms with Crippen LogP contribution in [-0.4, -0.2) is 31.3 Å². The molecule has 1 amide bonds. The number of halogens is 2. The van der Waals surface area contributed by atoms with Crippen LogP contribution in [0, 0.1) is 5.82 Å². The lowest BCUT2D eigenvalue weighted by Crippen LogP contribution is -2.27. The first-order valence-electron chi connectivity index (χ1n) is 5.33. The number of hydrogen-bond acceptors (Lipinski definition) is 4. The Balaban J connectivity index is 2.55. The molecule has 0 radical (unpaired) electrons. The van der Waals surface area contributed by atoms with Crippen molar-refractivity contribution in [2.24, 2.45) is 0 Å². The van der Waals surface area contributed by atoms with Crippen molar-refractivity contribution in [1.82, 2.24) is 0 Å². The highest BCUT2D eigenvalue weighted by Crippen LogP contribution is 2.30. The standard InChI is InChI=1S/C12H9BrFNO4/c1-19-12(18)7-3-8(13)9(14)4-10(7)15-5-6(16)2-11(15)17/h3-4H,2,5H2,1H3. The maximum atomic E-state index is 13.6. The zero-order valence-electron chi connectivity index (χ0n) is 9.91. The lowest BCUT2D eigenvalue weighted by molar-refractivity contribution is -0.121. The van der Waals surface area contributed by atoms with Crippen molar-refractivity contribution in [2.75, 3.05) is 18.6 Å². The summed E-state index contributed by atoms with van der Waals surface area (Å²) in [5.41, 5.74) is 0.0715. The van der Waals surface area contributed by atoms with Gasteiger partial charge in [-0.3, -0.25) is 9.59 Å². The van der Waals surface area contributed by atoms with Crippen LogP contribution < -0.4 is 4.90 Å². The summed E-state index contributed by atoms with van der Waals surface area (Å²) in [7, 11) is 1.18. The van der Waals surface area contributed by atoms with E-state index in [4.69, 9.17) is 0 Å². The Morgan fingerprint density at radius 2 is 2.11 bits per heavy atom. The van der Waals surface area contributed by atoms with Gasteiger partial charge in [-0.05, 0) is 28.1 Å². The van der Waals surface area contributed by atoms with Crippen LogP contribution in [-0.2, 0) is 14.3 Å². The number of ether oxygens (including phenoxy) is 1. The molecule has 1 heterocycles. The fraction of sp³-hybridized carbons (Fsp3) is 0.250. The maximum absolute atomic E-state index is 13.6. The highest BCUT2D eigenvalue weighted by molar-refractivity contribution is 9.10. The predicted molar refractivity (Wildman–Crippen MR) is 67.4 cm³/mol. The van der Waals surface area contributed by atoms with Gasteiger partial charge >= 0.3 is 5.97 Å². The largest absolute Gasteiger partial charge is 0.465 e. The normalized spacial score (nSPS) is 15.0. The number of anilines is 1. The van der Waals surface area contributed by atoms with Crippen molar-refractivity contribution >= 4 is 39.3 Å². The minimum Gasteiger partial charge on any atom is -0.465 e. The summed E-state index contributed by atoms with van der Waals surface area (Å²) < 4.78 is 18.2. The van der Waals surface area contributed by atoms with Gasteiger partial charge in [0, 0.05) is 0 Å². The molecular weight excluding hydrogens is 321 g/mol. The Hall–Kier alpha value is -1.76. The Kier molecular flexibility index (Phi) is 3.66. The number of carbonyl (C=O) groups excluding carboxylic acids is 3. The number of benzene rings is 1. The van der Waals surface area contributed by atoms with Gasteiger partial charge in [-0.25, -0.2) is 9.18 Å². The third kappa shape index (κ3) is 2.51. The summed E-state index contributed by atoms with van der Waals surface area (Å²) in [5.74, 6) is -2.07. The van der Waals surface area contributed by atoms with E-state index in [1.165, 1.54) is 13.2 Å². The Labute approximate surface area is 116 Å². The molecule has 2 rings (SSSR count). The van der Waals surface area contributed by atoms with Crippen LogP contribution in [0.1, 0.15) is 16.8 Å². The highest BCUT2D eigenvalue weighted by Gasteiger charge is 2.32. The second-order valence-electron chi connectivity index (χ2n) is 3.97. The van der Waals surface area contributed by atoms with Gasteiger partial charge in [-0.2, -0.15) is 0 Å². The van der Waals surface area contributed by atoms with Crippen LogP contribution in [0.25, 0.3) is 0 Å². The number of nitrogens with zero attached hydrogens (tertiary/aromatic N) is 1. The molecule has 100 valence electrons. The third-order valence-corrected chi connectivity index (χ3v) is 3.33. The minimum atomic E-state index is -0.706. The van der Waals surface area contributed by atoms with Gasteiger partial charge in [0.05, 0.1) is 35.8 Å². The monoisotopic (exact) mass is 329 g/mol. The number of hydrogen-bond donors (Lipinski definition) is 0. The van der Waals surface area contributed by atoms with E-state index >= 15 is 0 Å². The summed E-state index contributed by atoms with van der Waals surface area (Å²) in [4.78, 5) is 35.7. The fourth-order valence-corrected chi connectivity index (χ4v) is 2.18. The SMILES string of the molecule is COC(=O)c1cc(Br)c(F)cc1N1CC(=O)CC1=O. The number of methoxy groups -OCH3 is 1. The topological polar surface area (TPSA) is 63.7 Å². The van der Waals surface area contributed by atoms with Crippen molar-refractivity contribution in [3.63, 3.8) is 0 Å². The van der Waals surface area contributed by atoms with Gasteiger partial charge in [-0.1, -0.05) is 0 Å². The van der Waals surface area contributed by atoms with Crippen molar-refractivity contribution in [1.29, 1.82) is 0 Å². The maximum Gasteiger partial charge on any atom is 0.340 e. The van der Waals surface area contributed by atoms with Crippen LogP contribution in [0.3, 0.4) is 0 Å². The van der Waals surface area contributed by atoms with Gasteiger partial charge in [0.15, 0.2) is 5.78 Å². The van der Waals surface area contributed by atoms with E-state index < -0.39 is 17.7 Å². The van der Waals surface area contributed by atoms with E-state index in [1.807, 2.05) is 0 Å². The van der Waals surface area contributed by atoms with Crippen LogP contribution in [0.5, 0.6) is 0 Å². The molecular formula is C12H9BrFNO4. The summed E-state index contributed by atoms with van der Waals surface area (Å²) in [6.07, 6.45) is -0.238. The van der Waals surface area contributed by atoms with Crippen molar-refractivity contribution in [3.05, 3.63) is 28.0 Å². The van der Waals surface area contributed by atoms with E-state index in [0.717, 1.165) is 11.0 Å². The van der Waals surface area contributed by atoms with Crippen molar-refractivity contribution < 1.29 is 23.5 Å². The molecule has 0 unspecified atom stereocenters. The molecule has 0 saturated carbocycles. The molecule has 0 N–H and O–H groups in total. The molecule has 1 aromatic rings. The van der Waals surface area contributed by atoms with E-state index in [2.05, 4.69) is 20.7 Å². The summed E-state index contributed by atoms with van der Waals surface area (Å²) >= 11 is 2.96. The van der Waals surface area contributed by atoms with Gasteiger partial charge < -0.3 is 9.64 Å². The van der Waals surface area contributed by atoms with Gasteiger partial charge in [0.2, 0.25) is 5.91 Å². The highest BCUT2D eigenvalue weighted by atomic mass is 79.9. The second-order valence-corrected chi connectivity index (χ2v) is 4.82. The molecule has 0 spiro atoms. The van der Waals surface area contributed by atoms with Crippen LogP contribution in [0.2, 0.25) is 0 Å². The molecule has 0 atom stereocenters. The zero-order valence-corrected chi connectivity index (χ0v) is 11.5. The molecule has 1 fully saturated rings. The Bertz CT molecular complexity index is 587. The fourth-order valence-electron chi connectivity index (χ4n) is 1.84. The molecule has 1 aliphatic heterocycles. The number of esters is 1. The lowest BCUT2D eigenvalue weighted by atomic mass is 10.1. The van der Waals surface area contributed by atoms with E-state index in [1.54, 1.807) is 0 Å². The number of amides is 1. The zero-order chi connectivity index (χ0) is 14.2. The smallest absolute Gasteiger partial charge is 0.340 e. The molecule has 1 aliphatic rings. The first-order valence-corrected chi connectivity index (χ1v) is 6.12. The average Bonchev–Trinajstić information content (AvgIpc) is 2.70. The van der Waals surface area contributed by atoms with Gasteiger partial charge in [0.25, 0.3) is 0 Å². The Morgan fingerprint density at radius 3 is 2.63 bits per heavy atom. The quantitative estimate of drug-likeness (QED) is 0.611. The van der Waals surface area contributed by atoms with Gasteiger partial charge in [0.1, 0.15) is 5.82 Å². The van der Waals surface area contributed by atoms with Crippen LogP contribution >= 0.6 is 15.9 Å². The minimum absolute atomic E-state index is 0.0267. The van der Waals surface area contributed by atoms with Crippen LogP contribution in [0.15, 0.2) is 16.6 Å². The van der Waals surface area contributed by atoms with Gasteiger partial charge in [-0.15, -0.1) is 0 Å². The Morgan fingerprint density at radius 1 is 1.42 bits per heavy atom. The van der Waals surface area contributed by atoms with E-state index in [-0.39, 0.29) is 34.5 Å². The molecule has 19 heavy (non-hydrogen) atoms. The molecule has 5 nitrogen and oxygen atoms in total. The molecule has 1 saturated heterocycles. The second kappa shape index (κ2) is 5.08. The number of Topliss-reactive ketones (excluding diaryl/α,β-unsaturated/α-hetero) is 1. The average molecular weight is 330 g/mol. The lowest BCUT2D eigenvalue weighted by Gasteiger charge is -2.18. The number of ketones is 1. The predicted octanol–water partition coefficient (Wildman–Crippen LogP) is 1.68. The van der Waals surface area contributed by atoms with E-state index in [9.17, 15) is 18.8 Å². The molecule has 7 heteroatoms. The summed E-state index contributed by atoms with van der Waals surface area (Å²) in [6, 6.07) is 2.26. The first-order chi connectivity index (χ1) is 8.93. The van der Waals surface area contributed by atoms with Crippen molar-refractivity contribution in [2.45, 2.75) is 6.42 Å². The number of rotatable bonds is 2. The summed E-state index contributed by atoms with van der Waals surface area (Å²) in [6.45, 7) is -0.163. The van der Waals surface area contributed by atoms with E-state index in [0.29, 0.717) is 0 Å². The van der Waals surface area contributed by atoms with Crippen LogP contribution in [0.4, 0.5) is 10.1 Å². The van der Waals surface area contributed by atoms with Crippen molar-refractivity contribution in [3.8, 4) is 0 Å².